The Morgan fingerprint density at radius 3 is 2.81 bits per heavy atom. The average molecular weight is 288 g/mol. The second kappa shape index (κ2) is 6.47. The number of nitrogens with zero attached hydrogens (tertiary/aromatic N) is 1. The van der Waals surface area contributed by atoms with Crippen LogP contribution < -0.4 is 5.32 Å². The summed E-state index contributed by atoms with van der Waals surface area (Å²) in [6, 6.07) is 9.42. The van der Waals surface area contributed by atoms with Crippen LogP contribution in [-0.2, 0) is 11.2 Å². The zero-order valence-corrected chi connectivity index (χ0v) is 13.4. The number of benzene rings is 1. The minimum absolute atomic E-state index is 0.333. The topological polar surface area (TPSA) is 24.5 Å². The van der Waals surface area contributed by atoms with E-state index in [1.54, 1.807) is 0 Å². The van der Waals surface area contributed by atoms with E-state index in [0.717, 1.165) is 39.4 Å². The number of fused-ring (bicyclic) bond motifs is 1. The molecule has 1 N–H and O–H groups in total. The lowest BCUT2D eigenvalue weighted by Crippen LogP contribution is -2.44. The smallest absolute Gasteiger partial charge is 0.0594 e. The predicted octanol–water partition coefficient (Wildman–Crippen LogP) is 2.62. The van der Waals surface area contributed by atoms with Gasteiger partial charge in [-0.1, -0.05) is 38.1 Å². The average Bonchev–Trinajstić information content (AvgIpc) is 2.50. The molecule has 1 atom stereocenters. The molecule has 1 fully saturated rings. The molecule has 0 amide bonds. The first-order valence-corrected chi connectivity index (χ1v) is 8.28. The van der Waals surface area contributed by atoms with Gasteiger partial charge in [0.05, 0.1) is 13.2 Å². The van der Waals surface area contributed by atoms with E-state index < -0.39 is 0 Å². The number of ether oxygens (including phenoxy) is 1. The third-order valence-corrected chi connectivity index (χ3v) is 5.07. The standard InChI is InChI=1S/C18H28N2O/c1-18(2)8-7-15-5-3-4-6-16(15)17(18)19-9-10-20-11-13-21-14-12-20/h3-6,17,19H,7-14H2,1-2H3. The Morgan fingerprint density at radius 2 is 2.00 bits per heavy atom. The van der Waals surface area contributed by atoms with Crippen LogP contribution in [0, 0.1) is 5.41 Å². The fourth-order valence-electron chi connectivity index (χ4n) is 3.64. The molecule has 1 aliphatic carbocycles. The highest BCUT2D eigenvalue weighted by Gasteiger charge is 2.35. The monoisotopic (exact) mass is 288 g/mol. The number of aryl methyl sites for hydroxylation is 1. The Balaban J connectivity index is 1.62. The molecule has 1 aliphatic heterocycles. The maximum atomic E-state index is 5.41. The summed E-state index contributed by atoms with van der Waals surface area (Å²) in [5.74, 6) is 0. The van der Waals surface area contributed by atoms with Gasteiger partial charge >= 0.3 is 0 Å². The Bertz CT molecular complexity index is 466. The molecule has 0 aromatic heterocycles. The fraction of sp³-hybridized carbons (Fsp3) is 0.667. The van der Waals surface area contributed by atoms with Crippen LogP contribution in [0.2, 0.25) is 0 Å². The van der Waals surface area contributed by atoms with E-state index in [1.807, 2.05) is 0 Å². The molecule has 3 heteroatoms. The molecule has 1 unspecified atom stereocenters. The minimum Gasteiger partial charge on any atom is -0.379 e. The highest BCUT2D eigenvalue weighted by molar-refractivity contribution is 5.34. The number of hydrogen-bond acceptors (Lipinski definition) is 3. The van der Waals surface area contributed by atoms with E-state index in [0.29, 0.717) is 11.5 Å². The highest BCUT2D eigenvalue weighted by Crippen LogP contribution is 2.43. The van der Waals surface area contributed by atoms with Gasteiger partial charge in [-0.3, -0.25) is 4.90 Å². The second-order valence-corrected chi connectivity index (χ2v) is 7.03. The molecule has 2 aliphatic rings. The third kappa shape index (κ3) is 3.47. The third-order valence-electron chi connectivity index (χ3n) is 5.07. The van der Waals surface area contributed by atoms with Crippen LogP contribution in [0.3, 0.4) is 0 Å². The summed E-state index contributed by atoms with van der Waals surface area (Å²) >= 11 is 0. The van der Waals surface area contributed by atoms with Gasteiger partial charge in [-0.15, -0.1) is 0 Å². The first kappa shape index (κ1) is 15.0. The lowest BCUT2D eigenvalue weighted by Gasteiger charge is -2.41. The van der Waals surface area contributed by atoms with E-state index in [-0.39, 0.29) is 0 Å². The molecule has 3 nitrogen and oxygen atoms in total. The lowest BCUT2D eigenvalue weighted by atomic mass is 9.70. The Labute approximate surface area is 128 Å². The minimum atomic E-state index is 0.333. The van der Waals surface area contributed by atoms with Crippen molar-refractivity contribution in [3.8, 4) is 0 Å². The van der Waals surface area contributed by atoms with Crippen LogP contribution in [0.15, 0.2) is 24.3 Å². The van der Waals surface area contributed by atoms with Crippen molar-refractivity contribution >= 4 is 0 Å². The van der Waals surface area contributed by atoms with E-state index >= 15 is 0 Å². The molecule has 0 bridgehead atoms. The van der Waals surface area contributed by atoms with Gasteiger partial charge in [-0.05, 0) is 29.4 Å². The predicted molar refractivity (Wildman–Crippen MR) is 86.5 cm³/mol. The second-order valence-electron chi connectivity index (χ2n) is 7.03. The first-order chi connectivity index (χ1) is 10.2. The number of rotatable bonds is 4. The Kier molecular flexibility index (Phi) is 4.63. The Hall–Kier alpha value is -0.900. The van der Waals surface area contributed by atoms with E-state index in [4.69, 9.17) is 4.74 Å². The van der Waals surface area contributed by atoms with Crippen LogP contribution in [0.5, 0.6) is 0 Å². The van der Waals surface area contributed by atoms with Crippen molar-refractivity contribution in [2.75, 3.05) is 39.4 Å². The van der Waals surface area contributed by atoms with Crippen LogP contribution >= 0.6 is 0 Å². The summed E-state index contributed by atoms with van der Waals surface area (Å²) in [4.78, 5) is 2.50. The van der Waals surface area contributed by atoms with Gasteiger partial charge in [-0.2, -0.15) is 0 Å². The molecular weight excluding hydrogens is 260 g/mol. The molecule has 1 aromatic carbocycles. The van der Waals surface area contributed by atoms with Crippen molar-refractivity contribution in [2.45, 2.75) is 32.7 Å². The number of hydrogen-bond donors (Lipinski definition) is 1. The molecule has 1 heterocycles. The van der Waals surface area contributed by atoms with Crippen LogP contribution in [0.4, 0.5) is 0 Å². The van der Waals surface area contributed by atoms with Gasteiger partial charge in [0.15, 0.2) is 0 Å². The molecule has 1 saturated heterocycles. The molecule has 0 radical (unpaired) electrons. The van der Waals surface area contributed by atoms with Crippen molar-refractivity contribution in [2.24, 2.45) is 5.41 Å². The normalized spacial score (nSPS) is 25.5. The number of nitrogens with one attached hydrogen (secondary N) is 1. The highest BCUT2D eigenvalue weighted by atomic mass is 16.5. The molecule has 0 spiro atoms. The number of morpholine rings is 1. The summed E-state index contributed by atoms with van der Waals surface area (Å²) < 4.78 is 5.41. The van der Waals surface area contributed by atoms with Crippen LogP contribution in [0.25, 0.3) is 0 Å². The van der Waals surface area contributed by atoms with Crippen molar-refractivity contribution < 1.29 is 4.74 Å². The molecule has 1 aromatic rings. The molecule has 3 rings (SSSR count). The maximum Gasteiger partial charge on any atom is 0.0594 e. The summed E-state index contributed by atoms with van der Waals surface area (Å²) in [5, 5.41) is 3.83. The largest absolute Gasteiger partial charge is 0.379 e. The molecular formula is C18H28N2O. The van der Waals surface area contributed by atoms with E-state index in [1.165, 1.54) is 24.0 Å². The van der Waals surface area contributed by atoms with Gasteiger partial charge in [0, 0.05) is 32.2 Å². The van der Waals surface area contributed by atoms with Gasteiger partial charge in [0.25, 0.3) is 0 Å². The van der Waals surface area contributed by atoms with E-state index in [9.17, 15) is 0 Å². The summed E-state index contributed by atoms with van der Waals surface area (Å²) in [6.45, 7) is 10.9. The quantitative estimate of drug-likeness (QED) is 0.922. The lowest BCUT2D eigenvalue weighted by molar-refractivity contribution is 0.0372. The van der Waals surface area contributed by atoms with Crippen molar-refractivity contribution in [3.63, 3.8) is 0 Å². The van der Waals surface area contributed by atoms with Crippen molar-refractivity contribution in [1.82, 2.24) is 10.2 Å². The van der Waals surface area contributed by atoms with E-state index in [2.05, 4.69) is 48.3 Å². The molecule has 0 saturated carbocycles. The summed E-state index contributed by atoms with van der Waals surface area (Å²) in [5.41, 5.74) is 3.37. The van der Waals surface area contributed by atoms with Crippen molar-refractivity contribution in [3.05, 3.63) is 35.4 Å². The molecule has 21 heavy (non-hydrogen) atoms. The molecule has 116 valence electrons. The first-order valence-electron chi connectivity index (χ1n) is 8.28. The zero-order chi connectivity index (χ0) is 14.7. The van der Waals surface area contributed by atoms with Crippen LogP contribution in [-0.4, -0.2) is 44.3 Å². The van der Waals surface area contributed by atoms with Gasteiger partial charge in [0.2, 0.25) is 0 Å². The van der Waals surface area contributed by atoms with Gasteiger partial charge in [-0.25, -0.2) is 0 Å². The SMILES string of the molecule is CC1(C)CCc2ccccc2C1NCCN1CCOCC1. The maximum absolute atomic E-state index is 5.41. The van der Waals surface area contributed by atoms with Crippen molar-refractivity contribution in [1.29, 1.82) is 0 Å². The zero-order valence-electron chi connectivity index (χ0n) is 13.4. The summed E-state index contributed by atoms with van der Waals surface area (Å²) in [7, 11) is 0. The van der Waals surface area contributed by atoms with Crippen LogP contribution in [0.1, 0.15) is 37.4 Å². The fourth-order valence-corrected chi connectivity index (χ4v) is 3.64. The van der Waals surface area contributed by atoms with Gasteiger partial charge in [0.1, 0.15) is 0 Å². The summed E-state index contributed by atoms with van der Waals surface area (Å²) in [6.07, 6.45) is 2.48. The van der Waals surface area contributed by atoms with Gasteiger partial charge < -0.3 is 10.1 Å². The Morgan fingerprint density at radius 1 is 1.24 bits per heavy atom.